The molecule has 0 radical (unpaired) electrons. The number of fused-ring (bicyclic) bond motifs is 3. The van der Waals surface area contributed by atoms with Crippen molar-refractivity contribution in [2.45, 2.75) is 46.5 Å². The fraction of sp³-hybridized carbons (Fsp3) is 0.259. The highest BCUT2D eigenvalue weighted by Crippen LogP contribution is 2.43. The first-order valence-electron chi connectivity index (χ1n) is 10.0. The topological polar surface area (TPSA) is 0 Å². The molecule has 27 heavy (non-hydrogen) atoms. The second kappa shape index (κ2) is 6.85. The molecule has 0 fully saturated rings. The van der Waals surface area contributed by atoms with E-state index in [1.807, 2.05) is 0 Å². The summed E-state index contributed by atoms with van der Waals surface area (Å²) in [4.78, 5) is 0. The van der Waals surface area contributed by atoms with Crippen LogP contribution in [0.4, 0.5) is 0 Å². The van der Waals surface area contributed by atoms with Crippen LogP contribution < -0.4 is 0 Å². The minimum atomic E-state index is 0.492. The van der Waals surface area contributed by atoms with Gasteiger partial charge in [0.15, 0.2) is 0 Å². The molecule has 0 N–H and O–H groups in total. The summed E-state index contributed by atoms with van der Waals surface area (Å²) >= 11 is 0. The molecule has 0 atom stereocenters. The van der Waals surface area contributed by atoms with E-state index in [1.54, 1.807) is 0 Å². The molecule has 0 aliphatic heterocycles. The Hall–Kier alpha value is -2.60. The van der Waals surface area contributed by atoms with Crippen molar-refractivity contribution >= 4 is 21.5 Å². The van der Waals surface area contributed by atoms with Crippen LogP contribution >= 0.6 is 0 Å². The molecule has 0 aliphatic carbocycles. The largest absolute Gasteiger partial charge is 0.0622 e. The lowest BCUT2D eigenvalue weighted by molar-refractivity contribution is 0.874. The maximum atomic E-state index is 2.32. The first-order valence-corrected chi connectivity index (χ1v) is 10.0. The maximum Gasteiger partial charge on any atom is -0.00642 e. The number of rotatable bonds is 3. The zero-order chi connectivity index (χ0) is 19.1. The van der Waals surface area contributed by atoms with Gasteiger partial charge in [0.2, 0.25) is 0 Å². The van der Waals surface area contributed by atoms with Crippen LogP contribution in [0.2, 0.25) is 0 Å². The molecule has 0 unspecified atom stereocenters. The van der Waals surface area contributed by atoms with Crippen molar-refractivity contribution in [2.24, 2.45) is 0 Å². The maximum absolute atomic E-state index is 2.32. The van der Waals surface area contributed by atoms with Crippen molar-refractivity contribution < 1.29 is 0 Å². The molecule has 0 saturated heterocycles. The van der Waals surface area contributed by atoms with Gasteiger partial charge in [0.25, 0.3) is 0 Å². The summed E-state index contributed by atoms with van der Waals surface area (Å²) in [6.45, 7) is 11.5. The first kappa shape index (κ1) is 17.8. The molecular formula is C27H28. The second-order valence-electron chi connectivity index (χ2n) is 8.22. The van der Waals surface area contributed by atoms with Gasteiger partial charge in [-0.2, -0.15) is 0 Å². The molecule has 136 valence electrons. The molecule has 0 saturated carbocycles. The third-order valence-corrected chi connectivity index (χ3v) is 5.79. The van der Waals surface area contributed by atoms with Crippen LogP contribution in [0.15, 0.2) is 66.7 Å². The average Bonchev–Trinajstić information content (AvgIpc) is 2.67. The summed E-state index contributed by atoms with van der Waals surface area (Å²) in [5.74, 6) is 0.991. The Bertz CT molecular complexity index is 1120. The fourth-order valence-corrected chi connectivity index (χ4v) is 4.54. The van der Waals surface area contributed by atoms with E-state index in [-0.39, 0.29) is 0 Å². The van der Waals surface area contributed by atoms with Gasteiger partial charge < -0.3 is 0 Å². The molecule has 0 amide bonds. The van der Waals surface area contributed by atoms with Gasteiger partial charge in [0.05, 0.1) is 0 Å². The van der Waals surface area contributed by atoms with Crippen LogP contribution in [0.5, 0.6) is 0 Å². The van der Waals surface area contributed by atoms with E-state index < -0.39 is 0 Å². The Labute approximate surface area is 162 Å². The van der Waals surface area contributed by atoms with Crippen molar-refractivity contribution in [1.29, 1.82) is 0 Å². The second-order valence-corrected chi connectivity index (χ2v) is 8.22. The van der Waals surface area contributed by atoms with Crippen LogP contribution in [0.1, 0.15) is 56.2 Å². The van der Waals surface area contributed by atoms with Gasteiger partial charge in [-0.3, -0.25) is 0 Å². The quantitative estimate of drug-likeness (QED) is 0.326. The van der Waals surface area contributed by atoms with Crippen LogP contribution in [-0.4, -0.2) is 0 Å². The molecule has 0 nitrogen and oxygen atoms in total. The zero-order valence-electron chi connectivity index (χ0n) is 17.0. The first-order chi connectivity index (χ1) is 13.0. The number of hydrogen-bond donors (Lipinski definition) is 0. The van der Waals surface area contributed by atoms with Crippen LogP contribution in [0, 0.1) is 6.92 Å². The highest BCUT2D eigenvalue weighted by Gasteiger charge is 2.19. The number of aryl methyl sites for hydroxylation is 1. The van der Waals surface area contributed by atoms with Crippen LogP contribution in [0.25, 0.3) is 32.7 Å². The van der Waals surface area contributed by atoms with Gasteiger partial charge >= 0.3 is 0 Å². The average molecular weight is 353 g/mol. The standard InChI is InChI=1S/C27H28/c1-17(2)21-13-9-16-24-26(21)19(5)25(20-11-7-6-8-12-20)23-15-10-14-22(18(3)4)27(23)24/h6-18H,1-5H3. The van der Waals surface area contributed by atoms with E-state index in [4.69, 9.17) is 0 Å². The van der Waals surface area contributed by atoms with Crippen molar-refractivity contribution in [2.75, 3.05) is 0 Å². The van der Waals surface area contributed by atoms with Crippen molar-refractivity contribution in [3.63, 3.8) is 0 Å². The Morgan fingerprint density at radius 2 is 1.11 bits per heavy atom. The monoisotopic (exact) mass is 352 g/mol. The molecule has 4 aromatic rings. The number of hydrogen-bond acceptors (Lipinski definition) is 0. The Morgan fingerprint density at radius 3 is 1.70 bits per heavy atom. The summed E-state index contributed by atoms with van der Waals surface area (Å²) in [6, 6.07) is 24.6. The summed E-state index contributed by atoms with van der Waals surface area (Å²) in [7, 11) is 0. The molecule has 4 rings (SSSR count). The highest BCUT2D eigenvalue weighted by molar-refractivity contribution is 6.18. The van der Waals surface area contributed by atoms with Crippen LogP contribution in [-0.2, 0) is 0 Å². The Balaban J connectivity index is 2.30. The SMILES string of the molecule is Cc1c(-c2ccccc2)c2cccc(C(C)C)c2c2cccc(C(C)C)c12. The van der Waals surface area contributed by atoms with Gasteiger partial charge in [0, 0.05) is 0 Å². The smallest absolute Gasteiger partial charge is 0.00642 e. The lowest BCUT2D eigenvalue weighted by Gasteiger charge is -2.22. The molecule has 0 spiro atoms. The molecule has 0 aromatic heterocycles. The molecule has 0 heteroatoms. The van der Waals surface area contributed by atoms with Gasteiger partial charge in [-0.05, 0) is 68.1 Å². The molecule has 0 bridgehead atoms. The van der Waals surface area contributed by atoms with Crippen LogP contribution in [0.3, 0.4) is 0 Å². The van der Waals surface area contributed by atoms with E-state index in [9.17, 15) is 0 Å². The van der Waals surface area contributed by atoms with E-state index >= 15 is 0 Å². The highest BCUT2D eigenvalue weighted by atomic mass is 14.2. The number of benzene rings is 4. The van der Waals surface area contributed by atoms with Gasteiger partial charge in [-0.15, -0.1) is 0 Å². The van der Waals surface area contributed by atoms with Gasteiger partial charge in [0.1, 0.15) is 0 Å². The third kappa shape index (κ3) is 2.84. The third-order valence-electron chi connectivity index (χ3n) is 5.79. The van der Waals surface area contributed by atoms with Crippen molar-refractivity contribution in [3.8, 4) is 11.1 Å². The summed E-state index contributed by atoms with van der Waals surface area (Å²) in [6.07, 6.45) is 0. The van der Waals surface area contributed by atoms with Crippen molar-refractivity contribution in [3.05, 3.63) is 83.4 Å². The van der Waals surface area contributed by atoms with E-state index in [2.05, 4.69) is 101 Å². The van der Waals surface area contributed by atoms with E-state index in [0.29, 0.717) is 11.8 Å². The normalized spacial score (nSPS) is 11.8. The molecule has 0 aliphatic rings. The van der Waals surface area contributed by atoms with E-state index in [1.165, 1.54) is 49.4 Å². The Kier molecular flexibility index (Phi) is 4.52. The predicted molar refractivity (Wildman–Crippen MR) is 120 cm³/mol. The lowest BCUT2D eigenvalue weighted by atomic mass is 9.82. The molecular weight excluding hydrogens is 324 g/mol. The zero-order valence-corrected chi connectivity index (χ0v) is 17.0. The van der Waals surface area contributed by atoms with E-state index in [0.717, 1.165) is 0 Å². The van der Waals surface area contributed by atoms with Gasteiger partial charge in [-0.1, -0.05) is 94.4 Å². The summed E-state index contributed by atoms with van der Waals surface area (Å²) in [5, 5.41) is 5.64. The van der Waals surface area contributed by atoms with Gasteiger partial charge in [-0.25, -0.2) is 0 Å². The minimum absolute atomic E-state index is 0.492. The summed E-state index contributed by atoms with van der Waals surface area (Å²) < 4.78 is 0. The van der Waals surface area contributed by atoms with Crippen molar-refractivity contribution in [1.82, 2.24) is 0 Å². The molecule has 0 heterocycles. The predicted octanol–water partition coefficient (Wildman–Crippen LogP) is 8.22. The minimum Gasteiger partial charge on any atom is -0.0622 e. The summed E-state index contributed by atoms with van der Waals surface area (Å²) in [5.41, 5.74) is 6.97. The fourth-order valence-electron chi connectivity index (χ4n) is 4.54. The lowest BCUT2D eigenvalue weighted by Crippen LogP contribution is -1.98. The molecule has 4 aromatic carbocycles. The Morgan fingerprint density at radius 1 is 0.556 bits per heavy atom.